The molecule has 2 heterocycles. The minimum Gasteiger partial charge on any atom is -0.493 e. The van der Waals surface area contributed by atoms with E-state index in [-0.39, 0.29) is 34.0 Å². The molecule has 1 aromatic heterocycles. The second kappa shape index (κ2) is 7.05. The summed E-state index contributed by atoms with van der Waals surface area (Å²) in [5, 5.41) is 9.82. The van der Waals surface area contributed by atoms with E-state index in [0.29, 0.717) is 0 Å². The summed E-state index contributed by atoms with van der Waals surface area (Å²) in [6, 6.07) is 8.79. The molecule has 0 fully saturated rings. The molecule has 26 heavy (non-hydrogen) atoms. The van der Waals surface area contributed by atoms with Crippen molar-refractivity contribution in [2.24, 2.45) is 0 Å². The van der Waals surface area contributed by atoms with Gasteiger partial charge in [-0.3, -0.25) is 9.59 Å². The van der Waals surface area contributed by atoms with E-state index >= 15 is 0 Å². The van der Waals surface area contributed by atoms with E-state index in [1.54, 1.807) is 11.8 Å². The predicted molar refractivity (Wildman–Crippen MR) is 103 cm³/mol. The van der Waals surface area contributed by atoms with Gasteiger partial charge >= 0.3 is 0 Å². The zero-order chi connectivity index (χ0) is 18.1. The third-order valence-corrected chi connectivity index (χ3v) is 6.22. The molecule has 0 saturated carbocycles. The van der Waals surface area contributed by atoms with Crippen LogP contribution >= 0.6 is 23.5 Å². The van der Waals surface area contributed by atoms with Crippen LogP contribution in [0.5, 0.6) is 5.88 Å². The molecule has 0 bridgehead atoms. The van der Waals surface area contributed by atoms with Crippen LogP contribution in [-0.4, -0.2) is 38.0 Å². The number of aromatic amines is 1. The number of anilines is 1. The van der Waals surface area contributed by atoms with Gasteiger partial charge in [-0.1, -0.05) is 48.2 Å². The Hall–Kier alpha value is -2.45. The molecule has 2 aromatic rings. The molecule has 1 aliphatic carbocycles. The average molecular weight is 385 g/mol. The number of hydrogen-bond donors (Lipinski definition) is 2. The normalized spacial score (nSPS) is 20.5. The van der Waals surface area contributed by atoms with Gasteiger partial charge in [0.1, 0.15) is 0 Å². The summed E-state index contributed by atoms with van der Waals surface area (Å²) in [7, 11) is 0. The van der Waals surface area contributed by atoms with E-state index < -0.39 is 5.56 Å². The maximum Gasteiger partial charge on any atom is 0.255 e. The summed E-state index contributed by atoms with van der Waals surface area (Å²) >= 11 is 2.85. The van der Waals surface area contributed by atoms with Crippen molar-refractivity contribution in [2.45, 2.75) is 21.3 Å². The Kier molecular flexibility index (Phi) is 4.60. The van der Waals surface area contributed by atoms with Crippen LogP contribution in [0.2, 0.25) is 0 Å². The number of carbonyl (C=O) groups is 1. The molecular formula is C18H15N3O3S2. The number of allylic oxidation sites excluding steroid dienone is 2. The molecule has 2 N–H and O–H groups in total. The maximum absolute atomic E-state index is 13.0. The van der Waals surface area contributed by atoms with Gasteiger partial charge in [0.25, 0.3) is 5.56 Å². The van der Waals surface area contributed by atoms with Crippen LogP contribution in [0.15, 0.2) is 69.5 Å². The van der Waals surface area contributed by atoms with Gasteiger partial charge in [0.2, 0.25) is 11.8 Å². The fourth-order valence-corrected chi connectivity index (χ4v) is 4.96. The van der Waals surface area contributed by atoms with Crippen LogP contribution in [0.4, 0.5) is 5.69 Å². The van der Waals surface area contributed by atoms with E-state index in [4.69, 9.17) is 0 Å². The lowest BCUT2D eigenvalue weighted by atomic mass is 10.0. The fraction of sp³-hybridized carbons (Fsp3) is 0.167. The molecule has 2 aliphatic rings. The van der Waals surface area contributed by atoms with E-state index in [2.05, 4.69) is 16.0 Å². The molecule has 4 rings (SSSR count). The minimum atomic E-state index is -0.451. The van der Waals surface area contributed by atoms with Crippen molar-refractivity contribution in [3.63, 3.8) is 0 Å². The number of aromatic hydroxyl groups is 1. The zero-order valence-corrected chi connectivity index (χ0v) is 15.2. The Bertz CT molecular complexity index is 970. The quantitative estimate of drug-likeness (QED) is 0.624. The summed E-state index contributed by atoms with van der Waals surface area (Å²) in [5.74, 6) is -0.334. The molecule has 0 radical (unpaired) electrons. The van der Waals surface area contributed by atoms with Gasteiger partial charge in [-0.15, -0.1) is 11.8 Å². The molecule has 1 aromatic carbocycles. The number of thioether (sulfide) groups is 2. The first kappa shape index (κ1) is 17.0. The molecule has 0 saturated heterocycles. The first-order chi connectivity index (χ1) is 12.6. The molecular weight excluding hydrogens is 370 g/mol. The number of nitrogens with zero attached hydrogens (tertiary/aromatic N) is 2. The number of carbonyl (C=O) groups excluding carboxylic acids is 1. The van der Waals surface area contributed by atoms with Crippen molar-refractivity contribution in [3.05, 3.63) is 65.0 Å². The van der Waals surface area contributed by atoms with Crippen LogP contribution in [0.3, 0.4) is 0 Å². The van der Waals surface area contributed by atoms with Crippen molar-refractivity contribution in [1.29, 1.82) is 0 Å². The van der Waals surface area contributed by atoms with E-state index in [1.165, 1.54) is 0 Å². The number of nitrogens with one attached hydrogen (secondary N) is 1. The largest absolute Gasteiger partial charge is 0.493 e. The molecule has 1 aliphatic heterocycles. The number of aromatic nitrogens is 2. The van der Waals surface area contributed by atoms with Crippen LogP contribution in [0.25, 0.3) is 0 Å². The molecule has 2 unspecified atom stereocenters. The highest BCUT2D eigenvalue weighted by Gasteiger charge is 2.36. The van der Waals surface area contributed by atoms with Crippen molar-refractivity contribution in [1.82, 2.24) is 9.97 Å². The van der Waals surface area contributed by atoms with E-state index in [9.17, 15) is 14.7 Å². The van der Waals surface area contributed by atoms with Gasteiger partial charge in [-0.05, 0) is 12.1 Å². The highest BCUT2D eigenvalue weighted by atomic mass is 32.2. The zero-order valence-electron chi connectivity index (χ0n) is 13.5. The molecule has 6 nitrogen and oxygen atoms in total. The average Bonchev–Trinajstić information content (AvgIpc) is 2.63. The lowest BCUT2D eigenvalue weighted by Gasteiger charge is -2.40. The Morgan fingerprint density at radius 2 is 2.12 bits per heavy atom. The molecule has 132 valence electrons. The van der Waals surface area contributed by atoms with Crippen molar-refractivity contribution in [3.8, 4) is 5.88 Å². The van der Waals surface area contributed by atoms with Gasteiger partial charge in [-0.25, -0.2) is 0 Å². The predicted octanol–water partition coefficient (Wildman–Crippen LogP) is 2.57. The summed E-state index contributed by atoms with van der Waals surface area (Å²) < 4.78 is 0. The topological polar surface area (TPSA) is 86.3 Å². The monoisotopic (exact) mass is 385 g/mol. The minimum absolute atomic E-state index is 0.0517. The molecule has 2 atom stereocenters. The Morgan fingerprint density at radius 3 is 2.96 bits per heavy atom. The van der Waals surface area contributed by atoms with Gasteiger partial charge in [0.05, 0.1) is 28.8 Å². The number of fused-ring (bicyclic) bond motifs is 2. The number of rotatable bonds is 3. The lowest BCUT2D eigenvalue weighted by molar-refractivity contribution is -0.116. The summed E-state index contributed by atoms with van der Waals surface area (Å²) in [6.45, 7) is 0. The first-order valence-corrected chi connectivity index (χ1v) is 9.84. The van der Waals surface area contributed by atoms with Crippen molar-refractivity contribution < 1.29 is 9.90 Å². The number of H-pyrrole nitrogens is 1. The molecule has 1 amide bonds. The Balaban J connectivity index is 1.60. The fourth-order valence-electron chi connectivity index (χ4n) is 2.97. The smallest absolute Gasteiger partial charge is 0.255 e. The van der Waals surface area contributed by atoms with Gasteiger partial charge in [0.15, 0.2) is 5.16 Å². The first-order valence-electron chi connectivity index (χ1n) is 7.98. The van der Waals surface area contributed by atoms with Gasteiger partial charge in [-0.2, -0.15) is 4.98 Å². The standard InChI is InChI=1S/C18H15N3O3S2/c22-15-9-16(23)20-18(19-15)25-10-17(24)21-11-5-1-3-7-13(11)26-14-8-4-2-6-12(14)21/h1-9,11,13H,10H2,(H2,19,20,22,23). The number of amides is 1. The summed E-state index contributed by atoms with van der Waals surface area (Å²) in [5.41, 5.74) is 0.439. The van der Waals surface area contributed by atoms with Crippen LogP contribution in [-0.2, 0) is 4.79 Å². The maximum atomic E-state index is 13.0. The lowest BCUT2D eigenvalue weighted by Crippen LogP contribution is -2.48. The Morgan fingerprint density at radius 1 is 1.31 bits per heavy atom. The summed E-state index contributed by atoms with van der Waals surface area (Å²) in [6.07, 6.45) is 8.09. The van der Waals surface area contributed by atoms with Gasteiger partial charge in [0, 0.05) is 4.90 Å². The highest BCUT2D eigenvalue weighted by molar-refractivity contribution is 8.00. The third kappa shape index (κ3) is 3.30. The number of para-hydroxylation sites is 1. The SMILES string of the molecule is O=C(CSc1nc(O)cc(=O)[nH]1)N1c2ccccc2SC2C=CC=CC21. The van der Waals surface area contributed by atoms with Crippen LogP contribution in [0.1, 0.15) is 0 Å². The van der Waals surface area contributed by atoms with Crippen molar-refractivity contribution in [2.75, 3.05) is 10.7 Å². The second-order valence-electron chi connectivity index (χ2n) is 5.77. The van der Waals surface area contributed by atoms with Crippen LogP contribution in [0, 0.1) is 0 Å². The summed E-state index contributed by atoms with van der Waals surface area (Å²) in [4.78, 5) is 33.7. The molecule has 8 heteroatoms. The number of benzene rings is 1. The van der Waals surface area contributed by atoms with Crippen LogP contribution < -0.4 is 10.5 Å². The Labute approximate surface area is 158 Å². The third-order valence-electron chi connectivity index (χ3n) is 4.05. The van der Waals surface area contributed by atoms with E-state index in [1.807, 2.05) is 47.4 Å². The second-order valence-corrected chi connectivity index (χ2v) is 7.96. The molecule has 0 spiro atoms. The van der Waals surface area contributed by atoms with Crippen molar-refractivity contribution >= 4 is 35.1 Å². The van der Waals surface area contributed by atoms with Gasteiger partial charge < -0.3 is 15.0 Å². The number of hydrogen-bond acceptors (Lipinski definition) is 6. The van der Waals surface area contributed by atoms with E-state index in [0.717, 1.165) is 28.4 Å². The highest BCUT2D eigenvalue weighted by Crippen LogP contribution is 2.43.